The molecule has 2 aliphatic heterocycles. The number of fused-ring (bicyclic) bond motifs is 1. The largest absolute Gasteiger partial charge is 0.497 e. The van der Waals surface area contributed by atoms with Crippen LogP contribution in [0.3, 0.4) is 0 Å². The lowest BCUT2D eigenvalue weighted by Crippen LogP contribution is -2.36. The Morgan fingerprint density at radius 3 is 2.86 bits per heavy atom. The average molecular weight is 405 g/mol. The molecule has 1 saturated heterocycles. The SMILES string of the molecule is CC[C@@H]1CSC2=N[C@H](c3ccccn3)[C@H](c3cccn3-c3cccc(OC)c3)N21. The van der Waals surface area contributed by atoms with Crippen molar-refractivity contribution in [1.29, 1.82) is 0 Å². The van der Waals surface area contributed by atoms with Crippen molar-refractivity contribution in [3.8, 4) is 11.4 Å². The van der Waals surface area contributed by atoms with Crippen LogP contribution in [-0.2, 0) is 0 Å². The molecule has 5 nitrogen and oxygen atoms in total. The third-order valence-corrected chi connectivity index (χ3v) is 6.87. The van der Waals surface area contributed by atoms with Gasteiger partial charge in [0.15, 0.2) is 5.17 Å². The fraction of sp³-hybridized carbons (Fsp3) is 0.304. The second-order valence-corrected chi connectivity index (χ2v) is 8.33. The standard InChI is InChI=1S/C23H24N4OS/c1-3-16-15-29-23-25-21(19-10-4-5-12-24-19)22(27(16)23)20-11-7-13-26(20)17-8-6-9-18(14-17)28-2/h4-14,16,21-22H,3,15H2,1-2H3/t16-,21-,22+/m1/s1. The highest BCUT2D eigenvalue weighted by molar-refractivity contribution is 8.14. The molecular weight excluding hydrogens is 380 g/mol. The van der Waals surface area contributed by atoms with E-state index in [9.17, 15) is 0 Å². The van der Waals surface area contributed by atoms with Crippen LogP contribution in [0.4, 0.5) is 0 Å². The molecule has 0 spiro atoms. The molecule has 3 atom stereocenters. The molecule has 0 bridgehead atoms. The Labute approximate surface area is 175 Å². The molecule has 2 aliphatic rings. The lowest BCUT2D eigenvalue weighted by molar-refractivity contribution is 0.249. The Balaban J connectivity index is 1.62. The molecule has 4 heterocycles. The zero-order valence-electron chi connectivity index (χ0n) is 16.6. The number of aromatic nitrogens is 2. The van der Waals surface area contributed by atoms with Gasteiger partial charge >= 0.3 is 0 Å². The van der Waals surface area contributed by atoms with E-state index in [-0.39, 0.29) is 12.1 Å². The van der Waals surface area contributed by atoms with Crippen LogP contribution in [0.2, 0.25) is 0 Å². The van der Waals surface area contributed by atoms with Crippen molar-refractivity contribution < 1.29 is 4.74 Å². The third-order valence-electron chi connectivity index (χ3n) is 5.74. The number of hydrogen-bond donors (Lipinski definition) is 0. The Morgan fingerprint density at radius 2 is 2.07 bits per heavy atom. The van der Waals surface area contributed by atoms with E-state index in [1.54, 1.807) is 7.11 Å². The second kappa shape index (κ2) is 7.59. The molecule has 2 aromatic heterocycles. The molecule has 0 saturated carbocycles. The van der Waals surface area contributed by atoms with Crippen molar-refractivity contribution in [2.45, 2.75) is 31.5 Å². The predicted octanol–water partition coefficient (Wildman–Crippen LogP) is 4.86. The second-order valence-electron chi connectivity index (χ2n) is 7.34. The zero-order valence-corrected chi connectivity index (χ0v) is 17.4. The monoisotopic (exact) mass is 404 g/mol. The fourth-order valence-electron chi connectivity index (χ4n) is 4.30. The minimum atomic E-state index is -0.00712. The van der Waals surface area contributed by atoms with E-state index in [1.807, 2.05) is 36.2 Å². The highest BCUT2D eigenvalue weighted by atomic mass is 32.2. The summed E-state index contributed by atoms with van der Waals surface area (Å²) < 4.78 is 7.71. The van der Waals surface area contributed by atoms with E-state index in [0.717, 1.165) is 34.5 Å². The molecule has 6 heteroatoms. The van der Waals surface area contributed by atoms with Gasteiger partial charge in [-0.3, -0.25) is 9.98 Å². The number of rotatable bonds is 5. The molecule has 5 rings (SSSR count). The lowest BCUT2D eigenvalue weighted by Gasteiger charge is -2.32. The van der Waals surface area contributed by atoms with Gasteiger partial charge in [0.05, 0.1) is 12.8 Å². The van der Waals surface area contributed by atoms with E-state index >= 15 is 0 Å². The van der Waals surface area contributed by atoms with Gasteiger partial charge in [-0.15, -0.1) is 0 Å². The van der Waals surface area contributed by atoms with Crippen molar-refractivity contribution in [2.24, 2.45) is 4.99 Å². The van der Waals surface area contributed by atoms with Crippen LogP contribution < -0.4 is 4.74 Å². The topological polar surface area (TPSA) is 42.6 Å². The molecule has 0 amide bonds. The van der Waals surface area contributed by atoms with Gasteiger partial charge in [-0.05, 0) is 42.8 Å². The molecule has 0 radical (unpaired) electrons. The number of amidine groups is 1. The summed E-state index contributed by atoms with van der Waals surface area (Å²) in [6.07, 6.45) is 5.10. The van der Waals surface area contributed by atoms with Gasteiger partial charge in [-0.1, -0.05) is 30.8 Å². The first-order valence-corrected chi connectivity index (χ1v) is 11.0. The highest BCUT2D eigenvalue weighted by Gasteiger charge is 2.46. The Kier molecular flexibility index (Phi) is 4.79. The van der Waals surface area contributed by atoms with Gasteiger partial charge in [0, 0.05) is 41.6 Å². The summed E-state index contributed by atoms with van der Waals surface area (Å²) in [5.74, 6) is 1.95. The van der Waals surface area contributed by atoms with Gasteiger partial charge in [0.25, 0.3) is 0 Å². The first-order valence-electron chi connectivity index (χ1n) is 10.0. The Morgan fingerprint density at radius 1 is 1.14 bits per heavy atom. The molecule has 0 aliphatic carbocycles. The van der Waals surface area contributed by atoms with E-state index in [2.05, 4.69) is 64.0 Å². The normalized spacial score (nSPS) is 23.2. The van der Waals surface area contributed by atoms with Crippen molar-refractivity contribution in [1.82, 2.24) is 14.5 Å². The average Bonchev–Trinajstić information content (AvgIpc) is 3.49. The molecule has 1 aromatic carbocycles. The van der Waals surface area contributed by atoms with E-state index in [4.69, 9.17) is 9.73 Å². The molecule has 0 unspecified atom stereocenters. The summed E-state index contributed by atoms with van der Waals surface area (Å²) in [5.41, 5.74) is 3.35. The summed E-state index contributed by atoms with van der Waals surface area (Å²) in [6, 6.07) is 19.3. The quantitative estimate of drug-likeness (QED) is 0.609. The van der Waals surface area contributed by atoms with Gasteiger partial charge < -0.3 is 14.2 Å². The number of aliphatic imine (C=N–C) groups is 1. The number of thioether (sulfide) groups is 1. The molecule has 29 heavy (non-hydrogen) atoms. The van der Waals surface area contributed by atoms with Crippen molar-refractivity contribution in [3.05, 3.63) is 78.4 Å². The molecule has 3 aromatic rings. The van der Waals surface area contributed by atoms with Crippen LogP contribution in [0.5, 0.6) is 5.75 Å². The maximum Gasteiger partial charge on any atom is 0.160 e. The summed E-state index contributed by atoms with van der Waals surface area (Å²) in [7, 11) is 1.71. The van der Waals surface area contributed by atoms with Gasteiger partial charge in [-0.2, -0.15) is 0 Å². The van der Waals surface area contributed by atoms with Crippen LogP contribution in [0, 0.1) is 0 Å². The Bertz CT molecular complexity index is 1030. The van der Waals surface area contributed by atoms with Crippen molar-refractivity contribution in [2.75, 3.05) is 12.9 Å². The number of pyridine rings is 1. The maximum atomic E-state index is 5.45. The van der Waals surface area contributed by atoms with Crippen LogP contribution in [0.15, 0.2) is 72.0 Å². The summed E-state index contributed by atoms with van der Waals surface area (Å²) in [4.78, 5) is 12.3. The minimum Gasteiger partial charge on any atom is -0.497 e. The summed E-state index contributed by atoms with van der Waals surface area (Å²) >= 11 is 1.87. The summed E-state index contributed by atoms with van der Waals surface area (Å²) in [6.45, 7) is 2.26. The Hall–Kier alpha value is -2.73. The molecule has 0 N–H and O–H groups in total. The molecule has 1 fully saturated rings. The number of benzene rings is 1. The van der Waals surface area contributed by atoms with E-state index in [1.165, 1.54) is 5.69 Å². The first kappa shape index (κ1) is 18.3. The highest BCUT2D eigenvalue weighted by Crippen LogP contribution is 2.48. The molecular formula is C23H24N4OS. The zero-order chi connectivity index (χ0) is 19.8. The van der Waals surface area contributed by atoms with Crippen molar-refractivity contribution in [3.63, 3.8) is 0 Å². The van der Waals surface area contributed by atoms with Crippen LogP contribution in [0.1, 0.15) is 36.8 Å². The van der Waals surface area contributed by atoms with Crippen LogP contribution in [0.25, 0.3) is 5.69 Å². The van der Waals surface area contributed by atoms with Crippen LogP contribution >= 0.6 is 11.8 Å². The minimum absolute atomic E-state index is 0.00712. The maximum absolute atomic E-state index is 5.45. The fourth-order valence-corrected chi connectivity index (χ4v) is 5.64. The number of methoxy groups -OCH3 is 1. The number of nitrogens with zero attached hydrogens (tertiary/aromatic N) is 4. The number of ether oxygens (including phenoxy) is 1. The first-order chi connectivity index (χ1) is 14.3. The number of hydrogen-bond acceptors (Lipinski definition) is 5. The lowest BCUT2D eigenvalue weighted by atomic mass is 9.99. The van der Waals surface area contributed by atoms with Crippen LogP contribution in [-0.4, -0.2) is 38.5 Å². The van der Waals surface area contributed by atoms with Gasteiger partial charge in [-0.25, -0.2) is 0 Å². The van der Waals surface area contributed by atoms with Crippen molar-refractivity contribution >= 4 is 16.9 Å². The van der Waals surface area contributed by atoms with Gasteiger partial charge in [0.2, 0.25) is 0 Å². The third kappa shape index (κ3) is 3.12. The van der Waals surface area contributed by atoms with Gasteiger partial charge in [0.1, 0.15) is 17.8 Å². The van der Waals surface area contributed by atoms with E-state index < -0.39 is 0 Å². The van der Waals surface area contributed by atoms with E-state index in [0.29, 0.717) is 6.04 Å². The smallest absolute Gasteiger partial charge is 0.160 e. The molecule has 148 valence electrons. The summed E-state index contributed by atoms with van der Waals surface area (Å²) in [5, 5.41) is 1.15. The predicted molar refractivity (Wildman–Crippen MR) is 118 cm³/mol.